The van der Waals surface area contributed by atoms with Crippen LogP contribution in [-0.4, -0.2) is 33.0 Å². The van der Waals surface area contributed by atoms with Crippen LogP contribution in [0.4, 0.5) is 0 Å². The highest BCUT2D eigenvalue weighted by molar-refractivity contribution is 5.97. The number of aromatic nitrogens is 2. The van der Waals surface area contributed by atoms with Crippen LogP contribution in [0.25, 0.3) is 10.9 Å². The Bertz CT molecular complexity index is 1270. The van der Waals surface area contributed by atoms with Gasteiger partial charge in [-0.3, -0.25) is 19.4 Å². The Morgan fingerprint density at radius 3 is 2.71 bits per heavy atom. The SMILES string of the molecule is N#Cc1cncc([C@@H]2CCON2C(=O)C2CCC(Cn3ccc4cc(C(N)=O)ccc43)CC2)c1. The van der Waals surface area contributed by atoms with Crippen molar-refractivity contribution in [2.24, 2.45) is 17.6 Å². The van der Waals surface area contributed by atoms with Crippen LogP contribution in [0.2, 0.25) is 0 Å². The van der Waals surface area contributed by atoms with Gasteiger partial charge in [0.05, 0.1) is 18.2 Å². The highest BCUT2D eigenvalue weighted by Crippen LogP contribution is 2.37. The number of carbonyl (C=O) groups excluding carboxylic acids is 2. The summed E-state index contributed by atoms with van der Waals surface area (Å²) in [7, 11) is 0. The molecule has 1 atom stereocenters. The van der Waals surface area contributed by atoms with Gasteiger partial charge in [-0.2, -0.15) is 5.26 Å². The first-order valence-corrected chi connectivity index (χ1v) is 11.7. The average molecular weight is 458 g/mol. The predicted molar refractivity (Wildman–Crippen MR) is 125 cm³/mol. The van der Waals surface area contributed by atoms with Crippen molar-refractivity contribution in [3.63, 3.8) is 0 Å². The van der Waals surface area contributed by atoms with Crippen molar-refractivity contribution in [1.82, 2.24) is 14.6 Å². The summed E-state index contributed by atoms with van der Waals surface area (Å²) < 4.78 is 2.22. The van der Waals surface area contributed by atoms with E-state index in [4.69, 9.17) is 10.6 Å². The van der Waals surface area contributed by atoms with Gasteiger partial charge in [0.25, 0.3) is 0 Å². The number of nitrogens with two attached hydrogens (primary N) is 1. The second-order valence-corrected chi connectivity index (χ2v) is 9.24. The Morgan fingerprint density at radius 2 is 1.94 bits per heavy atom. The van der Waals surface area contributed by atoms with Gasteiger partial charge in [-0.1, -0.05) is 0 Å². The second kappa shape index (κ2) is 9.27. The van der Waals surface area contributed by atoms with Gasteiger partial charge in [0.15, 0.2) is 0 Å². The number of hydrogen-bond acceptors (Lipinski definition) is 5. The average Bonchev–Trinajstić information content (AvgIpc) is 3.51. The smallest absolute Gasteiger partial charge is 0.249 e. The maximum absolute atomic E-state index is 13.3. The van der Waals surface area contributed by atoms with Gasteiger partial charge in [0, 0.05) is 53.9 Å². The molecule has 0 spiro atoms. The minimum Gasteiger partial charge on any atom is -0.366 e. The Morgan fingerprint density at radius 1 is 1.12 bits per heavy atom. The molecule has 2 N–H and O–H groups in total. The molecule has 0 bridgehead atoms. The lowest BCUT2D eigenvalue weighted by atomic mass is 9.81. The molecular weight excluding hydrogens is 430 g/mol. The first kappa shape index (κ1) is 22.1. The van der Waals surface area contributed by atoms with Gasteiger partial charge in [-0.25, -0.2) is 5.06 Å². The summed E-state index contributed by atoms with van der Waals surface area (Å²) in [6, 6.07) is 11.3. The third-order valence-corrected chi connectivity index (χ3v) is 7.10. The molecule has 1 aromatic carbocycles. The molecule has 1 aliphatic carbocycles. The van der Waals surface area contributed by atoms with E-state index in [1.165, 1.54) is 11.3 Å². The largest absolute Gasteiger partial charge is 0.366 e. The number of nitrogens with zero attached hydrogens (tertiary/aromatic N) is 4. The molecule has 3 heterocycles. The number of pyridine rings is 1. The molecule has 0 radical (unpaired) electrons. The predicted octanol–water partition coefficient (Wildman–Crippen LogP) is 3.72. The van der Waals surface area contributed by atoms with E-state index in [1.807, 2.05) is 18.2 Å². The minimum absolute atomic E-state index is 0.0358. The first-order chi connectivity index (χ1) is 16.5. The quantitative estimate of drug-likeness (QED) is 0.627. The van der Waals surface area contributed by atoms with E-state index in [-0.39, 0.29) is 17.9 Å². The molecule has 2 amide bonds. The molecule has 8 nitrogen and oxygen atoms in total. The van der Waals surface area contributed by atoms with Crippen LogP contribution in [0.15, 0.2) is 48.9 Å². The first-order valence-electron chi connectivity index (χ1n) is 11.7. The normalized spacial score (nSPS) is 22.6. The number of benzene rings is 1. The van der Waals surface area contributed by atoms with Gasteiger partial charge >= 0.3 is 0 Å². The lowest BCUT2D eigenvalue weighted by Gasteiger charge is -2.32. The molecule has 34 heavy (non-hydrogen) atoms. The Labute approximate surface area is 197 Å². The monoisotopic (exact) mass is 457 g/mol. The van der Waals surface area contributed by atoms with E-state index in [0.717, 1.165) is 48.7 Å². The molecule has 5 rings (SSSR count). The molecule has 0 unspecified atom stereocenters. The third kappa shape index (κ3) is 4.27. The fourth-order valence-corrected chi connectivity index (χ4v) is 5.25. The van der Waals surface area contributed by atoms with Crippen molar-refractivity contribution in [1.29, 1.82) is 5.26 Å². The molecule has 8 heteroatoms. The van der Waals surface area contributed by atoms with Crippen molar-refractivity contribution < 1.29 is 14.4 Å². The van der Waals surface area contributed by atoms with Gasteiger partial charge in [-0.15, -0.1) is 0 Å². The fraction of sp³-hybridized carbons (Fsp3) is 0.385. The molecule has 2 aliphatic rings. The molecule has 3 aromatic rings. The van der Waals surface area contributed by atoms with E-state index >= 15 is 0 Å². The topological polar surface area (TPSA) is 114 Å². The van der Waals surface area contributed by atoms with Crippen LogP contribution in [0.3, 0.4) is 0 Å². The number of nitriles is 1. The summed E-state index contributed by atoms with van der Waals surface area (Å²) in [4.78, 5) is 34.6. The van der Waals surface area contributed by atoms with Gasteiger partial charge in [0.1, 0.15) is 6.07 Å². The maximum Gasteiger partial charge on any atom is 0.249 e. The van der Waals surface area contributed by atoms with Crippen LogP contribution in [-0.2, 0) is 16.2 Å². The van der Waals surface area contributed by atoms with Crippen molar-refractivity contribution in [3.05, 3.63) is 65.6 Å². The van der Waals surface area contributed by atoms with E-state index in [0.29, 0.717) is 30.1 Å². The Hall–Kier alpha value is -3.70. The lowest BCUT2D eigenvalue weighted by Crippen LogP contribution is -2.37. The molecule has 2 aromatic heterocycles. The van der Waals surface area contributed by atoms with Crippen LogP contribution in [0.1, 0.15) is 59.6 Å². The van der Waals surface area contributed by atoms with Crippen LogP contribution in [0.5, 0.6) is 0 Å². The van der Waals surface area contributed by atoms with Crippen LogP contribution in [0, 0.1) is 23.2 Å². The van der Waals surface area contributed by atoms with E-state index in [2.05, 4.69) is 21.8 Å². The molecule has 1 saturated carbocycles. The number of hydroxylamine groups is 2. The van der Waals surface area contributed by atoms with Gasteiger partial charge in [-0.05, 0) is 67.5 Å². The number of rotatable bonds is 5. The highest BCUT2D eigenvalue weighted by atomic mass is 16.7. The number of primary amides is 1. The highest BCUT2D eigenvalue weighted by Gasteiger charge is 2.37. The molecule has 2 fully saturated rings. The Kier molecular flexibility index (Phi) is 6.03. The van der Waals surface area contributed by atoms with Crippen molar-refractivity contribution in [2.45, 2.75) is 44.7 Å². The van der Waals surface area contributed by atoms with Crippen molar-refractivity contribution in [2.75, 3.05) is 6.61 Å². The van der Waals surface area contributed by atoms with Crippen LogP contribution < -0.4 is 5.73 Å². The number of hydrogen-bond donors (Lipinski definition) is 1. The van der Waals surface area contributed by atoms with Crippen LogP contribution >= 0.6 is 0 Å². The molecule has 174 valence electrons. The summed E-state index contributed by atoms with van der Waals surface area (Å²) >= 11 is 0. The van der Waals surface area contributed by atoms with E-state index < -0.39 is 5.91 Å². The van der Waals surface area contributed by atoms with Crippen molar-refractivity contribution in [3.8, 4) is 6.07 Å². The molecule has 1 aliphatic heterocycles. The minimum atomic E-state index is -0.420. The van der Waals surface area contributed by atoms with Gasteiger partial charge < -0.3 is 10.3 Å². The summed E-state index contributed by atoms with van der Waals surface area (Å²) in [5.41, 5.74) is 8.33. The fourth-order valence-electron chi connectivity index (χ4n) is 5.25. The summed E-state index contributed by atoms with van der Waals surface area (Å²) in [5, 5.41) is 11.7. The number of amides is 2. The van der Waals surface area contributed by atoms with Gasteiger partial charge in [0.2, 0.25) is 11.8 Å². The molecular formula is C26H27N5O3. The van der Waals surface area contributed by atoms with Crippen molar-refractivity contribution >= 4 is 22.7 Å². The molecule has 1 saturated heterocycles. The summed E-state index contributed by atoms with van der Waals surface area (Å²) in [6.45, 7) is 1.37. The lowest BCUT2D eigenvalue weighted by molar-refractivity contribution is -0.183. The maximum atomic E-state index is 13.3. The summed E-state index contributed by atoms with van der Waals surface area (Å²) in [6.07, 6.45) is 9.60. The third-order valence-electron chi connectivity index (χ3n) is 7.10. The number of fused-ring (bicyclic) bond motifs is 1. The standard InChI is InChI=1S/C26H27N5O3/c27-13-18-11-22(15-29-14-18)24-8-10-34-31(24)26(33)19-3-1-17(2-4-19)16-30-9-7-20-12-21(25(28)32)5-6-23(20)30/h5-7,9,11-12,14-15,17,19,24H,1-4,8,10,16H2,(H2,28,32)/t17?,19?,24-/m0/s1. The summed E-state index contributed by atoms with van der Waals surface area (Å²) in [5.74, 6) is 0.0513. The second-order valence-electron chi connectivity index (χ2n) is 9.24. The van der Waals surface area contributed by atoms with E-state index in [9.17, 15) is 14.9 Å². The zero-order valence-corrected chi connectivity index (χ0v) is 18.9. The zero-order valence-electron chi connectivity index (χ0n) is 18.9. The Balaban J connectivity index is 1.21. The number of carbonyl (C=O) groups is 2. The zero-order chi connectivity index (χ0) is 23.7. The van der Waals surface area contributed by atoms with E-state index in [1.54, 1.807) is 18.3 Å².